The van der Waals surface area contributed by atoms with E-state index in [4.69, 9.17) is 16.7 Å². The maximum Gasteiger partial charge on any atom is 0.309 e. The zero-order valence-electron chi connectivity index (χ0n) is 9.11. The van der Waals surface area contributed by atoms with Crippen LogP contribution in [0.5, 0.6) is 0 Å². The van der Waals surface area contributed by atoms with Gasteiger partial charge in [0, 0.05) is 20.1 Å². The second-order valence-electron chi connectivity index (χ2n) is 3.97. The van der Waals surface area contributed by atoms with Crippen molar-refractivity contribution < 1.29 is 9.90 Å². The first-order chi connectivity index (χ1) is 7.59. The second-order valence-corrected chi connectivity index (χ2v) is 4.35. The lowest BCUT2D eigenvalue weighted by Crippen LogP contribution is -2.18. The molecule has 0 unspecified atom stereocenters. The Bertz CT molecular complexity index is 410. The van der Waals surface area contributed by atoms with Crippen LogP contribution in [0.3, 0.4) is 0 Å². The van der Waals surface area contributed by atoms with E-state index in [0.717, 1.165) is 31.7 Å². The van der Waals surface area contributed by atoms with Crippen molar-refractivity contribution in [2.75, 3.05) is 18.0 Å². The number of aryl methyl sites for hydroxylation is 1. The number of carboxylic acid groups (broad SMARTS) is 1. The van der Waals surface area contributed by atoms with Crippen LogP contribution in [0.1, 0.15) is 18.5 Å². The van der Waals surface area contributed by atoms with E-state index in [1.165, 1.54) is 0 Å². The third-order valence-electron chi connectivity index (χ3n) is 2.81. The lowest BCUT2D eigenvalue weighted by atomic mass is 10.3. The van der Waals surface area contributed by atoms with Gasteiger partial charge in [-0.15, -0.1) is 0 Å². The summed E-state index contributed by atoms with van der Waals surface area (Å²) >= 11 is 6.17. The van der Waals surface area contributed by atoms with Gasteiger partial charge in [0.25, 0.3) is 0 Å². The number of hydrogen-bond acceptors (Lipinski definition) is 3. The molecule has 0 bridgehead atoms. The van der Waals surface area contributed by atoms with Crippen molar-refractivity contribution in [1.29, 1.82) is 0 Å². The van der Waals surface area contributed by atoms with E-state index < -0.39 is 5.97 Å². The van der Waals surface area contributed by atoms with Crippen LogP contribution in [0.2, 0.25) is 5.02 Å². The summed E-state index contributed by atoms with van der Waals surface area (Å²) in [6.07, 6.45) is 2.19. The Balaban J connectivity index is 2.30. The highest BCUT2D eigenvalue weighted by atomic mass is 35.5. The van der Waals surface area contributed by atoms with Crippen molar-refractivity contribution in [3.63, 3.8) is 0 Å². The molecule has 0 aliphatic carbocycles. The maximum atomic E-state index is 10.7. The number of nitrogens with zero attached hydrogens (tertiary/aromatic N) is 3. The normalized spacial score (nSPS) is 15.8. The Morgan fingerprint density at radius 3 is 2.69 bits per heavy atom. The van der Waals surface area contributed by atoms with Gasteiger partial charge in [0.1, 0.15) is 5.02 Å². The molecule has 0 atom stereocenters. The fourth-order valence-corrected chi connectivity index (χ4v) is 2.33. The van der Waals surface area contributed by atoms with Gasteiger partial charge in [0.15, 0.2) is 5.82 Å². The van der Waals surface area contributed by atoms with E-state index in [0.29, 0.717) is 10.7 Å². The summed E-state index contributed by atoms with van der Waals surface area (Å²) < 4.78 is 1.56. The number of aromatic nitrogens is 2. The molecule has 2 rings (SSSR count). The van der Waals surface area contributed by atoms with Crippen molar-refractivity contribution in [1.82, 2.24) is 9.78 Å². The third-order valence-corrected chi connectivity index (χ3v) is 3.20. The van der Waals surface area contributed by atoms with Gasteiger partial charge in [-0.05, 0) is 12.8 Å². The van der Waals surface area contributed by atoms with Crippen molar-refractivity contribution in [3.8, 4) is 0 Å². The minimum atomic E-state index is -0.891. The Labute approximate surface area is 98.6 Å². The standard InChI is InChI=1S/C10H14ClN3O2/c1-13-7(6-8(15)16)9(11)10(12-13)14-4-2-3-5-14/h2-6H2,1H3,(H,15,16). The molecular weight excluding hydrogens is 230 g/mol. The number of rotatable bonds is 3. The number of anilines is 1. The largest absolute Gasteiger partial charge is 0.481 e. The van der Waals surface area contributed by atoms with Gasteiger partial charge < -0.3 is 10.0 Å². The molecule has 0 amide bonds. The molecular formula is C10H14ClN3O2. The summed E-state index contributed by atoms with van der Waals surface area (Å²) in [4.78, 5) is 12.8. The molecule has 5 nitrogen and oxygen atoms in total. The molecule has 88 valence electrons. The highest BCUT2D eigenvalue weighted by molar-refractivity contribution is 6.33. The highest BCUT2D eigenvalue weighted by Gasteiger charge is 2.23. The topological polar surface area (TPSA) is 58.4 Å². The minimum Gasteiger partial charge on any atom is -0.481 e. The molecule has 2 heterocycles. The summed E-state index contributed by atoms with van der Waals surface area (Å²) in [5.74, 6) is -0.171. The van der Waals surface area contributed by atoms with Crippen LogP contribution < -0.4 is 4.90 Å². The summed E-state index contributed by atoms with van der Waals surface area (Å²) in [5.41, 5.74) is 0.566. The monoisotopic (exact) mass is 243 g/mol. The lowest BCUT2D eigenvalue weighted by molar-refractivity contribution is -0.136. The molecule has 16 heavy (non-hydrogen) atoms. The average Bonchev–Trinajstić information content (AvgIpc) is 2.80. The van der Waals surface area contributed by atoms with Gasteiger partial charge in [-0.1, -0.05) is 11.6 Å². The molecule has 0 saturated carbocycles. The quantitative estimate of drug-likeness (QED) is 0.870. The molecule has 1 saturated heterocycles. The third kappa shape index (κ3) is 2.00. The SMILES string of the molecule is Cn1nc(N2CCCC2)c(Cl)c1CC(=O)O. The fraction of sp³-hybridized carbons (Fsp3) is 0.600. The van der Waals surface area contributed by atoms with Gasteiger partial charge in [-0.25, -0.2) is 0 Å². The Morgan fingerprint density at radius 2 is 2.12 bits per heavy atom. The van der Waals surface area contributed by atoms with E-state index in [2.05, 4.69) is 10.00 Å². The van der Waals surface area contributed by atoms with Gasteiger partial charge in [-0.2, -0.15) is 5.10 Å². The van der Waals surface area contributed by atoms with Crippen LogP contribution in [0.25, 0.3) is 0 Å². The van der Waals surface area contributed by atoms with E-state index in [1.807, 2.05) is 0 Å². The molecule has 1 fully saturated rings. The number of aliphatic carboxylic acids is 1. The van der Waals surface area contributed by atoms with Crippen LogP contribution in [0.15, 0.2) is 0 Å². The fourth-order valence-electron chi connectivity index (χ4n) is 1.98. The smallest absolute Gasteiger partial charge is 0.309 e. The number of carbonyl (C=O) groups is 1. The summed E-state index contributed by atoms with van der Waals surface area (Å²) in [5, 5.41) is 13.5. The molecule has 1 aliphatic heterocycles. The molecule has 0 aromatic carbocycles. The summed E-state index contributed by atoms with van der Waals surface area (Å²) in [6, 6.07) is 0. The first kappa shape index (κ1) is 11.3. The van der Waals surface area contributed by atoms with Gasteiger partial charge >= 0.3 is 5.97 Å². The Hall–Kier alpha value is -1.23. The van der Waals surface area contributed by atoms with E-state index in [9.17, 15) is 4.79 Å². The first-order valence-corrected chi connectivity index (χ1v) is 5.65. The van der Waals surface area contributed by atoms with E-state index >= 15 is 0 Å². The first-order valence-electron chi connectivity index (χ1n) is 5.27. The van der Waals surface area contributed by atoms with Crippen LogP contribution in [0.4, 0.5) is 5.82 Å². The molecule has 6 heteroatoms. The van der Waals surface area contributed by atoms with Crippen LogP contribution in [0, 0.1) is 0 Å². The molecule has 0 spiro atoms. The predicted molar refractivity (Wildman–Crippen MR) is 61.0 cm³/mol. The summed E-state index contributed by atoms with van der Waals surface area (Å²) in [7, 11) is 1.73. The maximum absolute atomic E-state index is 10.7. The second kappa shape index (κ2) is 4.33. The van der Waals surface area contributed by atoms with Crippen molar-refractivity contribution in [2.24, 2.45) is 7.05 Å². The zero-order chi connectivity index (χ0) is 11.7. The Morgan fingerprint density at radius 1 is 1.50 bits per heavy atom. The number of halogens is 1. The van der Waals surface area contributed by atoms with Crippen LogP contribution in [-0.4, -0.2) is 33.9 Å². The van der Waals surface area contributed by atoms with Crippen molar-refractivity contribution >= 4 is 23.4 Å². The minimum absolute atomic E-state index is 0.0871. The predicted octanol–water partition coefficient (Wildman–Crippen LogP) is 1.30. The molecule has 1 N–H and O–H groups in total. The zero-order valence-corrected chi connectivity index (χ0v) is 9.87. The summed E-state index contributed by atoms with van der Waals surface area (Å²) in [6.45, 7) is 1.90. The van der Waals surface area contributed by atoms with Crippen LogP contribution >= 0.6 is 11.6 Å². The number of carboxylic acids is 1. The molecule has 1 aromatic rings. The van der Waals surface area contributed by atoms with E-state index in [-0.39, 0.29) is 6.42 Å². The van der Waals surface area contributed by atoms with Crippen LogP contribution in [-0.2, 0) is 18.3 Å². The molecule has 1 aromatic heterocycles. The van der Waals surface area contributed by atoms with Crippen molar-refractivity contribution in [3.05, 3.63) is 10.7 Å². The highest BCUT2D eigenvalue weighted by Crippen LogP contribution is 2.30. The van der Waals surface area contributed by atoms with Crippen molar-refractivity contribution in [2.45, 2.75) is 19.3 Å². The molecule has 0 radical (unpaired) electrons. The average molecular weight is 244 g/mol. The van der Waals surface area contributed by atoms with Gasteiger partial charge in [0.05, 0.1) is 12.1 Å². The Kier molecular flexibility index (Phi) is 3.05. The van der Waals surface area contributed by atoms with Gasteiger partial charge in [0.2, 0.25) is 0 Å². The molecule has 1 aliphatic rings. The lowest BCUT2D eigenvalue weighted by Gasteiger charge is -2.13. The van der Waals surface area contributed by atoms with Gasteiger partial charge in [-0.3, -0.25) is 9.48 Å². The number of hydrogen-bond donors (Lipinski definition) is 1. The van der Waals surface area contributed by atoms with E-state index in [1.54, 1.807) is 11.7 Å².